The van der Waals surface area contributed by atoms with E-state index < -0.39 is 0 Å². The van der Waals surface area contributed by atoms with Crippen LogP contribution in [0.4, 0.5) is 0 Å². The van der Waals surface area contributed by atoms with Gasteiger partial charge in [-0.1, -0.05) is 61.5 Å². The van der Waals surface area contributed by atoms with Crippen molar-refractivity contribution < 1.29 is 0 Å². The van der Waals surface area contributed by atoms with Crippen molar-refractivity contribution in [2.24, 2.45) is 5.73 Å². The molecule has 21 heavy (non-hydrogen) atoms. The zero-order chi connectivity index (χ0) is 14.7. The summed E-state index contributed by atoms with van der Waals surface area (Å²) in [5.41, 5.74) is 10.0. The van der Waals surface area contributed by atoms with Gasteiger partial charge in [0.15, 0.2) is 0 Å². The molecular formula is C19H19NS. The van der Waals surface area contributed by atoms with Gasteiger partial charge in [-0.2, -0.15) is 0 Å². The lowest BCUT2D eigenvalue weighted by Crippen LogP contribution is -2.09. The van der Waals surface area contributed by atoms with Crippen molar-refractivity contribution in [3.8, 4) is 11.1 Å². The maximum atomic E-state index is 6.38. The molecule has 0 saturated heterocycles. The molecule has 0 radical (unpaired) electrons. The van der Waals surface area contributed by atoms with E-state index in [0.29, 0.717) is 0 Å². The Hall–Kier alpha value is -1.90. The second-order valence-electron chi connectivity index (χ2n) is 5.12. The van der Waals surface area contributed by atoms with Crippen LogP contribution in [0.3, 0.4) is 0 Å². The first-order chi connectivity index (χ1) is 10.3. The molecule has 2 aromatic carbocycles. The number of rotatable bonds is 4. The normalized spacial score (nSPS) is 12.3. The molecule has 0 bridgehead atoms. The third kappa shape index (κ3) is 3.07. The van der Waals surface area contributed by atoms with Crippen LogP contribution in [0.2, 0.25) is 0 Å². The van der Waals surface area contributed by atoms with Crippen molar-refractivity contribution in [1.29, 1.82) is 0 Å². The van der Waals surface area contributed by atoms with Crippen LogP contribution in [0.15, 0.2) is 66.7 Å². The standard InChI is InChI=1S/C19H19NS/c1-2-17-12-13-18(21-17)19(20)16-10-8-15(9-11-16)14-6-4-3-5-7-14/h3-13,19H,2,20H2,1H3. The number of nitrogens with two attached hydrogens (primary N) is 1. The average Bonchev–Trinajstić information content (AvgIpc) is 3.04. The number of benzene rings is 2. The predicted molar refractivity (Wildman–Crippen MR) is 91.6 cm³/mol. The minimum absolute atomic E-state index is 0.0277. The maximum Gasteiger partial charge on any atom is 0.0646 e. The Kier molecular flexibility index (Phi) is 4.18. The summed E-state index contributed by atoms with van der Waals surface area (Å²) in [6.45, 7) is 2.18. The number of thiophene rings is 1. The molecule has 0 aliphatic carbocycles. The van der Waals surface area contributed by atoms with E-state index >= 15 is 0 Å². The van der Waals surface area contributed by atoms with Crippen LogP contribution in [0, 0.1) is 0 Å². The van der Waals surface area contributed by atoms with Gasteiger partial charge in [-0.3, -0.25) is 0 Å². The van der Waals surface area contributed by atoms with Crippen LogP contribution in [0.5, 0.6) is 0 Å². The molecule has 0 aliphatic rings. The topological polar surface area (TPSA) is 26.0 Å². The number of aryl methyl sites for hydroxylation is 1. The molecule has 1 unspecified atom stereocenters. The third-order valence-electron chi connectivity index (χ3n) is 3.71. The van der Waals surface area contributed by atoms with Gasteiger partial charge in [-0.15, -0.1) is 11.3 Å². The van der Waals surface area contributed by atoms with Crippen molar-refractivity contribution in [1.82, 2.24) is 0 Å². The largest absolute Gasteiger partial charge is 0.320 e. The minimum Gasteiger partial charge on any atom is -0.320 e. The van der Waals surface area contributed by atoms with Gasteiger partial charge >= 0.3 is 0 Å². The Labute approximate surface area is 130 Å². The lowest BCUT2D eigenvalue weighted by molar-refractivity contribution is 0.894. The average molecular weight is 293 g/mol. The van der Waals surface area contributed by atoms with Crippen LogP contribution in [0.1, 0.15) is 28.3 Å². The summed E-state index contributed by atoms with van der Waals surface area (Å²) in [6, 6.07) is 23.3. The lowest BCUT2D eigenvalue weighted by Gasteiger charge is -2.11. The monoisotopic (exact) mass is 293 g/mol. The summed E-state index contributed by atoms with van der Waals surface area (Å²) in [6.07, 6.45) is 1.07. The van der Waals surface area contributed by atoms with Crippen molar-refractivity contribution >= 4 is 11.3 Å². The summed E-state index contributed by atoms with van der Waals surface area (Å²) in [4.78, 5) is 2.63. The van der Waals surface area contributed by atoms with E-state index in [1.54, 1.807) is 0 Å². The molecule has 0 amide bonds. The molecule has 1 atom stereocenters. The van der Waals surface area contributed by atoms with Crippen molar-refractivity contribution in [2.45, 2.75) is 19.4 Å². The fourth-order valence-electron chi connectivity index (χ4n) is 2.43. The van der Waals surface area contributed by atoms with Gasteiger partial charge in [0.05, 0.1) is 6.04 Å². The van der Waals surface area contributed by atoms with E-state index in [0.717, 1.165) is 6.42 Å². The highest BCUT2D eigenvalue weighted by molar-refractivity contribution is 7.12. The molecule has 2 N–H and O–H groups in total. The second-order valence-corrected chi connectivity index (χ2v) is 6.32. The molecule has 0 fully saturated rings. The highest BCUT2D eigenvalue weighted by Gasteiger charge is 2.11. The second kappa shape index (κ2) is 6.25. The van der Waals surface area contributed by atoms with Gasteiger partial charge in [0.2, 0.25) is 0 Å². The Balaban J connectivity index is 1.83. The summed E-state index contributed by atoms with van der Waals surface area (Å²) in [5.74, 6) is 0. The van der Waals surface area contributed by atoms with Gasteiger partial charge in [0, 0.05) is 9.75 Å². The van der Waals surface area contributed by atoms with Crippen LogP contribution in [0.25, 0.3) is 11.1 Å². The van der Waals surface area contributed by atoms with Crippen molar-refractivity contribution in [3.63, 3.8) is 0 Å². The van der Waals surface area contributed by atoms with Crippen LogP contribution in [-0.4, -0.2) is 0 Å². The predicted octanol–water partition coefficient (Wildman–Crippen LogP) is 5.03. The highest BCUT2D eigenvalue weighted by atomic mass is 32.1. The molecule has 3 aromatic rings. The SMILES string of the molecule is CCc1ccc(C(N)c2ccc(-c3ccccc3)cc2)s1. The molecule has 1 nitrogen and oxygen atoms in total. The molecule has 2 heteroatoms. The first kappa shape index (κ1) is 14.1. The van der Waals surface area contributed by atoms with E-state index in [2.05, 4.69) is 67.6 Å². The first-order valence-corrected chi connectivity index (χ1v) is 8.09. The Morgan fingerprint density at radius 2 is 1.52 bits per heavy atom. The van der Waals surface area contributed by atoms with Gasteiger partial charge in [0.25, 0.3) is 0 Å². The Morgan fingerprint density at radius 1 is 0.857 bits per heavy atom. The van der Waals surface area contributed by atoms with Crippen LogP contribution in [-0.2, 0) is 6.42 Å². The summed E-state index contributed by atoms with van der Waals surface area (Å²) >= 11 is 1.81. The van der Waals surface area contributed by atoms with Crippen molar-refractivity contribution in [3.05, 3.63) is 82.0 Å². The number of hydrogen-bond acceptors (Lipinski definition) is 2. The van der Waals surface area contributed by atoms with E-state index in [1.165, 1.54) is 26.4 Å². The van der Waals surface area contributed by atoms with Gasteiger partial charge in [-0.05, 0) is 35.2 Å². The van der Waals surface area contributed by atoms with Gasteiger partial charge in [-0.25, -0.2) is 0 Å². The molecule has 0 aliphatic heterocycles. The molecule has 0 spiro atoms. The summed E-state index contributed by atoms with van der Waals surface area (Å²) in [5, 5.41) is 0. The van der Waals surface area contributed by atoms with E-state index in [4.69, 9.17) is 5.73 Å². The molecule has 106 valence electrons. The molecule has 1 aromatic heterocycles. The first-order valence-electron chi connectivity index (χ1n) is 7.27. The summed E-state index contributed by atoms with van der Waals surface area (Å²) < 4.78 is 0. The quantitative estimate of drug-likeness (QED) is 0.717. The zero-order valence-electron chi connectivity index (χ0n) is 12.1. The highest BCUT2D eigenvalue weighted by Crippen LogP contribution is 2.28. The van der Waals surface area contributed by atoms with E-state index in [9.17, 15) is 0 Å². The minimum atomic E-state index is -0.0277. The van der Waals surface area contributed by atoms with E-state index in [-0.39, 0.29) is 6.04 Å². The van der Waals surface area contributed by atoms with Gasteiger partial charge in [0.1, 0.15) is 0 Å². The molecule has 3 rings (SSSR count). The van der Waals surface area contributed by atoms with Crippen molar-refractivity contribution in [2.75, 3.05) is 0 Å². The van der Waals surface area contributed by atoms with Crippen LogP contribution < -0.4 is 5.73 Å². The fourth-order valence-corrected chi connectivity index (χ4v) is 3.41. The fraction of sp³-hybridized carbons (Fsp3) is 0.158. The Bertz CT molecular complexity index is 698. The van der Waals surface area contributed by atoms with Crippen LogP contribution >= 0.6 is 11.3 Å². The molecular weight excluding hydrogens is 274 g/mol. The molecule has 0 saturated carbocycles. The lowest BCUT2D eigenvalue weighted by atomic mass is 10.0. The van der Waals surface area contributed by atoms with Gasteiger partial charge < -0.3 is 5.73 Å². The number of hydrogen-bond donors (Lipinski definition) is 1. The van der Waals surface area contributed by atoms with E-state index in [1.807, 2.05) is 17.4 Å². The zero-order valence-corrected chi connectivity index (χ0v) is 12.9. The molecule has 1 heterocycles. The maximum absolute atomic E-state index is 6.38. The Morgan fingerprint density at radius 3 is 2.14 bits per heavy atom. The summed E-state index contributed by atoms with van der Waals surface area (Å²) in [7, 11) is 0. The smallest absolute Gasteiger partial charge is 0.0646 e. The third-order valence-corrected chi connectivity index (χ3v) is 5.03.